The first-order valence-corrected chi connectivity index (χ1v) is 5.48. The Kier molecular flexibility index (Phi) is 4.67. The Morgan fingerprint density at radius 1 is 0.684 bits per heavy atom. The fourth-order valence-electron chi connectivity index (χ4n) is 1.91. The summed E-state index contributed by atoms with van der Waals surface area (Å²) in [4.78, 5) is 0. The maximum Gasteiger partial charge on any atom is 0.123 e. The zero-order chi connectivity index (χ0) is 13.1. The van der Waals surface area contributed by atoms with Crippen LogP contribution in [0.2, 0.25) is 0 Å². The number of nitrogens with one attached hydrogen (secondary N) is 2. The molecule has 98 valence electrons. The zero-order valence-corrected chi connectivity index (χ0v) is 11.0. The number of benzene rings is 2. The van der Waals surface area contributed by atoms with Crippen molar-refractivity contribution in [2.24, 2.45) is 11.5 Å². The van der Waals surface area contributed by atoms with Gasteiger partial charge < -0.3 is 11.5 Å². The van der Waals surface area contributed by atoms with Gasteiger partial charge in [0.2, 0.25) is 0 Å². The van der Waals surface area contributed by atoms with E-state index in [1.165, 1.54) is 0 Å². The van der Waals surface area contributed by atoms with Gasteiger partial charge in [0.1, 0.15) is 11.7 Å². The molecule has 19 heavy (non-hydrogen) atoms. The van der Waals surface area contributed by atoms with Crippen LogP contribution in [0.3, 0.4) is 0 Å². The third-order valence-corrected chi connectivity index (χ3v) is 2.72. The standard InChI is InChI=1S/C14H14N4.ClH/c15-13(16)11-7-3-1-5-9(11)10-6-2-4-8-12(10)14(17)18;/h1-8H,(H3,15,16)(H3,17,18);1H. The molecule has 0 aliphatic carbocycles. The summed E-state index contributed by atoms with van der Waals surface area (Å²) in [6.07, 6.45) is 0. The van der Waals surface area contributed by atoms with E-state index in [1.54, 1.807) is 12.1 Å². The Hall–Kier alpha value is -2.33. The average molecular weight is 275 g/mol. The van der Waals surface area contributed by atoms with Crippen molar-refractivity contribution in [3.05, 3.63) is 59.7 Å². The molecule has 0 aromatic heterocycles. The molecule has 2 aromatic carbocycles. The maximum absolute atomic E-state index is 7.60. The van der Waals surface area contributed by atoms with Crippen LogP contribution in [-0.4, -0.2) is 11.7 Å². The van der Waals surface area contributed by atoms with Gasteiger partial charge in [-0.1, -0.05) is 48.5 Å². The molecular weight excluding hydrogens is 260 g/mol. The highest BCUT2D eigenvalue weighted by Gasteiger charge is 2.11. The van der Waals surface area contributed by atoms with E-state index in [0.717, 1.165) is 11.1 Å². The smallest absolute Gasteiger partial charge is 0.123 e. The van der Waals surface area contributed by atoms with Gasteiger partial charge in [-0.2, -0.15) is 0 Å². The molecule has 0 heterocycles. The normalized spacial score (nSPS) is 9.47. The molecule has 2 aromatic rings. The van der Waals surface area contributed by atoms with Gasteiger partial charge in [0.05, 0.1) is 0 Å². The number of hydrogen-bond acceptors (Lipinski definition) is 2. The molecule has 0 aliphatic rings. The van der Waals surface area contributed by atoms with Gasteiger partial charge in [-0.3, -0.25) is 10.8 Å². The van der Waals surface area contributed by atoms with Crippen molar-refractivity contribution in [3.8, 4) is 11.1 Å². The van der Waals surface area contributed by atoms with Gasteiger partial charge in [-0.15, -0.1) is 12.4 Å². The van der Waals surface area contributed by atoms with Crippen LogP contribution in [0, 0.1) is 10.8 Å². The molecule has 2 rings (SSSR count). The van der Waals surface area contributed by atoms with Crippen molar-refractivity contribution in [2.75, 3.05) is 0 Å². The van der Waals surface area contributed by atoms with Crippen molar-refractivity contribution in [1.29, 1.82) is 10.8 Å². The summed E-state index contributed by atoms with van der Waals surface area (Å²) >= 11 is 0. The fourth-order valence-corrected chi connectivity index (χ4v) is 1.91. The number of nitrogen functional groups attached to an aromatic ring is 2. The van der Waals surface area contributed by atoms with Gasteiger partial charge in [-0.05, 0) is 11.1 Å². The molecule has 0 amide bonds. The van der Waals surface area contributed by atoms with Crippen LogP contribution >= 0.6 is 12.4 Å². The lowest BCUT2D eigenvalue weighted by Crippen LogP contribution is -2.15. The first-order valence-electron chi connectivity index (χ1n) is 5.48. The second-order valence-electron chi connectivity index (χ2n) is 3.92. The topological polar surface area (TPSA) is 99.7 Å². The molecule has 0 saturated carbocycles. The predicted molar refractivity (Wildman–Crippen MR) is 81.2 cm³/mol. The van der Waals surface area contributed by atoms with Gasteiger partial charge >= 0.3 is 0 Å². The largest absolute Gasteiger partial charge is 0.384 e. The molecule has 5 heteroatoms. The highest BCUT2D eigenvalue weighted by Crippen LogP contribution is 2.26. The molecule has 0 bridgehead atoms. The minimum Gasteiger partial charge on any atom is -0.384 e. The molecule has 0 saturated heterocycles. The lowest BCUT2D eigenvalue weighted by molar-refractivity contribution is 1.40. The molecule has 0 aliphatic heterocycles. The molecule has 6 N–H and O–H groups in total. The van der Waals surface area contributed by atoms with Crippen LogP contribution in [0.5, 0.6) is 0 Å². The highest BCUT2D eigenvalue weighted by molar-refractivity contribution is 6.06. The van der Waals surface area contributed by atoms with Gasteiger partial charge in [0, 0.05) is 11.1 Å². The molecule has 4 nitrogen and oxygen atoms in total. The third-order valence-electron chi connectivity index (χ3n) is 2.72. The first-order chi connectivity index (χ1) is 8.61. The predicted octanol–water partition coefficient (Wildman–Crippen LogP) is 2.34. The van der Waals surface area contributed by atoms with Gasteiger partial charge in [-0.25, -0.2) is 0 Å². The molecule has 0 fully saturated rings. The third kappa shape index (κ3) is 2.92. The van der Waals surface area contributed by atoms with E-state index in [4.69, 9.17) is 22.3 Å². The molecule has 0 spiro atoms. The summed E-state index contributed by atoms with van der Waals surface area (Å²) in [6.45, 7) is 0. The molecule has 0 radical (unpaired) electrons. The van der Waals surface area contributed by atoms with Crippen LogP contribution in [0.1, 0.15) is 11.1 Å². The Morgan fingerprint density at radius 3 is 1.32 bits per heavy atom. The number of amidine groups is 2. The summed E-state index contributed by atoms with van der Waals surface area (Å²) in [5.41, 5.74) is 14.1. The van der Waals surface area contributed by atoms with E-state index in [0.29, 0.717) is 11.1 Å². The molecule has 0 atom stereocenters. The second-order valence-corrected chi connectivity index (χ2v) is 3.92. The van der Waals surface area contributed by atoms with Crippen LogP contribution in [-0.2, 0) is 0 Å². The Balaban J connectivity index is 0.00000180. The number of hydrogen-bond donors (Lipinski definition) is 4. The van der Waals surface area contributed by atoms with E-state index in [-0.39, 0.29) is 24.1 Å². The minimum absolute atomic E-state index is 0. The van der Waals surface area contributed by atoms with Crippen molar-refractivity contribution in [3.63, 3.8) is 0 Å². The number of nitrogens with two attached hydrogens (primary N) is 2. The van der Waals surface area contributed by atoms with E-state index in [2.05, 4.69) is 0 Å². The lowest BCUT2D eigenvalue weighted by Gasteiger charge is -2.12. The quantitative estimate of drug-likeness (QED) is 0.510. The fraction of sp³-hybridized carbons (Fsp3) is 0. The van der Waals surface area contributed by atoms with E-state index in [1.807, 2.05) is 36.4 Å². The highest BCUT2D eigenvalue weighted by atomic mass is 35.5. The van der Waals surface area contributed by atoms with E-state index < -0.39 is 0 Å². The van der Waals surface area contributed by atoms with Crippen LogP contribution < -0.4 is 11.5 Å². The summed E-state index contributed by atoms with van der Waals surface area (Å²) in [6, 6.07) is 14.7. The maximum atomic E-state index is 7.60. The first kappa shape index (κ1) is 14.7. The Labute approximate surface area is 117 Å². The van der Waals surface area contributed by atoms with Crippen LogP contribution in [0.4, 0.5) is 0 Å². The van der Waals surface area contributed by atoms with Crippen LogP contribution in [0.15, 0.2) is 48.5 Å². The zero-order valence-electron chi connectivity index (χ0n) is 10.2. The Bertz CT molecular complexity index is 567. The molecular formula is C14H15ClN4. The van der Waals surface area contributed by atoms with Gasteiger partial charge in [0.25, 0.3) is 0 Å². The SMILES string of the molecule is Cl.N=C(N)c1ccccc1-c1ccccc1C(=N)N. The number of halogens is 1. The van der Waals surface area contributed by atoms with Crippen LogP contribution in [0.25, 0.3) is 11.1 Å². The van der Waals surface area contributed by atoms with Crippen molar-refractivity contribution >= 4 is 24.1 Å². The van der Waals surface area contributed by atoms with Crippen molar-refractivity contribution < 1.29 is 0 Å². The Morgan fingerprint density at radius 2 is 1.00 bits per heavy atom. The van der Waals surface area contributed by atoms with Crippen molar-refractivity contribution in [1.82, 2.24) is 0 Å². The summed E-state index contributed by atoms with van der Waals surface area (Å²) in [5.74, 6) is 0.00732. The monoisotopic (exact) mass is 274 g/mol. The summed E-state index contributed by atoms with van der Waals surface area (Å²) in [7, 11) is 0. The second kappa shape index (κ2) is 6.02. The minimum atomic E-state index is 0. The summed E-state index contributed by atoms with van der Waals surface area (Å²) < 4.78 is 0. The summed E-state index contributed by atoms with van der Waals surface area (Å²) in [5, 5.41) is 15.2. The number of rotatable bonds is 3. The van der Waals surface area contributed by atoms with Crippen molar-refractivity contribution in [2.45, 2.75) is 0 Å². The molecule has 0 unspecified atom stereocenters. The average Bonchev–Trinajstić information content (AvgIpc) is 2.38. The van der Waals surface area contributed by atoms with E-state index in [9.17, 15) is 0 Å². The van der Waals surface area contributed by atoms with E-state index >= 15 is 0 Å². The lowest BCUT2D eigenvalue weighted by atomic mass is 9.94. The van der Waals surface area contributed by atoms with Gasteiger partial charge in [0.15, 0.2) is 0 Å².